The number of likely N-dealkylation sites (tertiary alicyclic amines) is 1. The highest BCUT2D eigenvalue weighted by Crippen LogP contribution is 2.25. The number of carbonyl (C=O) groups excluding carboxylic acids is 1. The van der Waals surface area contributed by atoms with Gasteiger partial charge in [-0.15, -0.1) is 0 Å². The molecule has 1 aliphatic heterocycles. The lowest BCUT2D eigenvalue weighted by Gasteiger charge is -2.17. The highest BCUT2D eigenvalue weighted by Gasteiger charge is 2.36. The van der Waals surface area contributed by atoms with E-state index in [9.17, 15) is 4.79 Å². The lowest BCUT2D eigenvalue weighted by atomic mass is 10.1. The van der Waals surface area contributed by atoms with Gasteiger partial charge in [-0.1, -0.05) is 12.1 Å². The smallest absolute Gasteiger partial charge is 0.255 e. The molecule has 1 fully saturated rings. The Morgan fingerprint density at radius 1 is 1.26 bits per heavy atom. The van der Waals surface area contributed by atoms with Crippen LogP contribution >= 0.6 is 15.9 Å². The van der Waals surface area contributed by atoms with Crippen LogP contribution in [0.1, 0.15) is 15.9 Å². The lowest BCUT2D eigenvalue weighted by Crippen LogP contribution is -2.30. The van der Waals surface area contributed by atoms with E-state index in [1.807, 2.05) is 25.1 Å². The van der Waals surface area contributed by atoms with E-state index in [2.05, 4.69) is 15.9 Å². The number of ether oxygens (including phenoxy) is 2. The summed E-state index contributed by atoms with van der Waals surface area (Å²) in [4.78, 5) is 14.3. The molecule has 1 saturated heterocycles. The van der Waals surface area contributed by atoms with Crippen molar-refractivity contribution < 1.29 is 14.3 Å². The van der Waals surface area contributed by atoms with Crippen LogP contribution in [0.5, 0.6) is 0 Å². The van der Waals surface area contributed by atoms with Gasteiger partial charge in [-0.25, -0.2) is 0 Å². The Hall–Kier alpha value is -0.910. The highest BCUT2D eigenvalue weighted by molar-refractivity contribution is 9.10. The van der Waals surface area contributed by atoms with E-state index in [4.69, 9.17) is 9.47 Å². The fourth-order valence-electron chi connectivity index (χ4n) is 2.35. The van der Waals surface area contributed by atoms with Crippen molar-refractivity contribution in [3.05, 3.63) is 33.8 Å². The minimum atomic E-state index is -0.0578. The molecule has 0 radical (unpaired) electrons. The molecule has 2 unspecified atom stereocenters. The molecule has 0 bridgehead atoms. The van der Waals surface area contributed by atoms with Crippen molar-refractivity contribution in [2.75, 3.05) is 27.3 Å². The van der Waals surface area contributed by atoms with Gasteiger partial charge in [0.05, 0.1) is 5.56 Å². The zero-order valence-electron chi connectivity index (χ0n) is 11.4. The maximum atomic E-state index is 12.5. The van der Waals surface area contributed by atoms with Crippen LogP contribution < -0.4 is 0 Å². The molecule has 19 heavy (non-hydrogen) atoms. The van der Waals surface area contributed by atoms with Crippen LogP contribution in [0.3, 0.4) is 0 Å². The molecule has 0 saturated carbocycles. The molecule has 1 heterocycles. The van der Waals surface area contributed by atoms with Crippen LogP contribution in [-0.4, -0.2) is 50.3 Å². The molecule has 104 valence electrons. The van der Waals surface area contributed by atoms with Gasteiger partial charge in [0.15, 0.2) is 0 Å². The van der Waals surface area contributed by atoms with E-state index >= 15 is 0 Å². The average molecular weight is 328 g/mol. The van der Waals surface area contributed by atoms with Gasteiger partial charge >= 0.3 is 0 Å². The maximum absolute atomic E-state index is 12.5. The summed E-state index contributed by atoms with van der Waals surface area (Å²) in [7, 11) is 3.29. The summed E-state index contributed by atoms with van der Waals surface area (Å²) in [6.07, 6.45) is -0.116. The highest BCUT2D eigenvalue weighted by atomic mass is 79.9. The Balaban J connectivity index is 2.19. The first-order chi connectivity index (χ1) is 9.08. The molecule has 0 aliphatic carbocycles. The van der Waals surface area contributed by atoms with E-state index in [0.717, 1.165) is 10.0 Å². The molecular weight excluding hydrogens is 310 g/mol. The van der Waals surface area contributed by atoms with Crippen LogP contribution in [0.4, 0.5) is 0 Å². The largest absolute Gasteiger partial charge is 0.377 e. The Morgan fingerprint density at radius 3 is 2.37 bits per heavy atom. The van der Waals surface area contributed by atoms with Gasteiger partial charge in [0.1, 0.15) is 12.2 Å². The van der Waals surface area contributed by atoms with Gasteiger partial charge < -0.3 is 14.4 Å². The molecule has 5 heteroatoms. The standard InChI is InChI=1S/C14H18BrNO3/c1-9-5-4-6-10(13(9)15)14(17)16-7-11(18-2)12(8-16)19-3/h4-6,11-12H,7-8H2,1-3H3. The Kier molecular flexibility index (Phi) is 4.60. The van der Waals surface area contributed by atoms with Gasteiger partial charge in [-0.2, -0.15) is 0 Å². The van der Waals surface area contributed by atoms with Crippen LogP contribution in [-0.2, 0) is 9.47 Å². The topological polar surface area (TPSA) is 38.8 Å². The zero-order chi connectivity index (χ0) is 14.0. The molecule has 1 aromatic carbocycles. The Morgan fingerprint density at radius 2 is 1.84 bits per heavy atom. The van der Waals surface area contributed by atoms with Crippen molar-refractivity contribution in [3.8, 4) is 0 Å². The predicted molar refractivity (Wildman–Crippen MR) is 76.4 cm³/mol. The van der Waals surface area contributed by atoms with Gasteiger partial charge in [0.25, 0.3) is 5.91 Å². The van der Waals surface area contributed by atoms with Crippen molar-refractivity contribution in [2.45, 2.75) is 19.1 Å². The number of benzene rings is 1. The van der Waals surface area contributed by atoms with Crippen molar-refractivity contribution in [2.24, 2.45) is 0 Å². The second kappa shape index (κ2) is 6.03. The summed E-state index contributed by atoms with van der Waals surface area (Å²) < 4.78 is 11.6. The van der Waals surface area contributed by atoms with Gasteiger partial charge in [-0.05, 0) is 34.5 Å². The van der Waals surface area contributed by atoms with E-state index in [1.165, 1.54) is 0 Å². The van der Waals surface area contributed by atoms with Crippen LogP contribution in [0.2, 0.25) is 0 Å². The summed E-state index contributed by atoms with van der Waals surface area (Å²) >= 11 is 3.48. The lowest BCUT2D eigenvalue weighted by molar-refractivity contribution is -0.00461. The molecule has 0 aromatic heterocycles. The van der Waals surface area contributed by atoms with Crippen molar-refractivity contribution in [1.82, 2.24) is 4.90 Å². The first-order valence-corrected chi connectivity index (χ1v) is 6.97. The fraction of sp³-hybridized carbons (Fsp3) is 0.500. The maximum Gasteiger partial charge on any atom is 0.255 e. The third-order valence-electron chi connectivity index (χ3n) is 3.53. The number of methoxy groups -OCH3 is 2. The second-order valence-electron chi connectivity index (χ2n) is 4.69. The van der Waals surface area contributed by atoms with Gasteiger partial charge in [-0.3, -0.25) is 4.79 Å². The van der Waals surface area contributed by atoms with E-state index < -0.39 is 0 Å². The number of aryl methyl sites for hydroxylation is 1. The molecular formula is C14H18BrNO3. The first kappa shape index (κ1) is 14.5. The predicted octanol–water partition coefficient (Wildman–Crippen LogP) is 2.24. The molecule has 1 amide bonds. The number of hydrogen-bond donors (Lipinski definition) is 0. The summed E-state index contributed by atoms with van der Waals surface area (Å²) in [6.45, 7) is 3.10. The average Bonchev–Trinajstić information content (AvgIpc) is 2.84. The number of amides is 1. The summed E-state index contributed by atoms with van der Waals surface area (Å²) in [6, 6.07) is 5.70. The van der Waals surface area contributed by atoms with Crippen molar-refractivity contribution in [1.29, 1.82) is 0 Å². The van der Waals surface area contributed by atoms with Crippen LogP contribution in [0.15, 0.2) is 22.7 Å². The minimum Gasteiger partial charge on any atom is -0.377 e. The number of nitrogens with zero attached hydrogens (tertiary/aromatic N) is 1. The van der Waals surface area contributed by atoms with E-state index in [1.54, 1.807) is 19.1 Å². The molecule has 0 spiro atoms. The summed E-state index contributed by atoms with van der Waals surface area (Å²) in [5.74, 6) is 0.0113. The van der Waals surface area contributed by atoms with Crippen molar-refractivity contribution in [3.63, 3.8) is 0 Å². The number of halogens is 1. The molecule has 2 atom stereocenters. The molecule has 4 nitrogen and oxygen atoms in total. The van der Waals surface area contributed by atoms with E-state index in [0.29, 0.717) is 18.7 Å². The molecule has 1 aliphatic rings. The third-order valence-corrected chi connectivity index (χ3v) is 4.58. The second-order valence-corrected chi connectivity index (χ2v) is 5.49. The molecule has 2 rings (SSSR count). The fourth-order valence-corrected chi connectivity index (χ4v) is 2.78. The normalized spacial score (nSPS) is 22.8. The minimum absolute atomic E-state index is 0.0113. The summed E-state index contributed by atoms with van der Waals surface area (Å²) in [5, 5.41) is 0. The first-order valence-electron chi connectivity index (χ1n) is 6.18. The summed E-state index contributed by atoms with van der Waals surface area (Å²) in [5.41, 5.74) is 1.74. The van der Waals surface area contributed by atoms with E-state index in [-0.39, 0.29) is 18.1 Å². The number of carbonyl (C=O) groups is 1. The zero-order valence-corrected chi connectivity index (χ0v) is 12.9. The number of rotatable bonds is 3. The molecule has 0 N–H and O–H groups in total. The SMILES string of the molecule is COC1CN(C(=O)c2cccc(C)c2Br)CC1OC. The van der Waals surface area contributed by atoms with Gasteiger partial charge in [0, 0.05) is 31.8 Å². The number of hydrogen-bond acceptors (Lipinski definition) is 3. The Labute approximate surface area is 121 Å². The van der Waals surface area contributed by atoms with Crippen molar-refractivity contribution >= 4 is 21.8 Å². The quantitative estimate of drug-likeness (QED) is 0.854. The Bertz CT molecular complexity index is 466. The third kappa shape index (κ3) is 2.83. The van der Waals surface area contributed by atoms with Crippen LogP contribution in [0, 0.1) is 6.92 Å². The monoisotopic (exact) mass is 327 g/mol. The molecule has 1 aromatic rings. The van der Waals surface area contributed by atoms with Gasteiger partial charge in [0.2, 0.25) is 0 Å². The van der Waals surface area contributed by atoms with Crippen LogP contribution in [0.25, 0.3) is 0 Å².